The van der Waals surface area contributed by atoms with Crippen molar-refractivity contribution in [3.8, 4) is 0 Å². The number of thiophene rings is 1. The van der Waals surface area contributed by atoms with Crippen molar-refractivity contribution < 1.29 is 0 Å². The first-order valence-corrected chi connectivity index (χ1v) is 5.60. The number of hydrogen-bond donors (Lipinski definition) is 0. The van der Waals surface area contributed by atoms with Crippen molar-refractivity contribution in [2.75, 3.05) is 0 Å². The molecule has 0 N–H and O–H groups in total. The fourth-order valence-electron chi connectivity index (χ4n) is 0.968. The first-order valence-electron chi connectivity index (χ1n) is 3.80. The van der Waals surface area contributed by atoms with E-state index in [1.807, 2.05) is 11.3 Å². The molecule has 0 saturated carbocycles. The van der Waals surface area contributed by atoms with Crippen LogP contribution in [-0.4, -0.2) is 4.83 Å². The molecule has 0 aliphatic rings. The molecule has 1 aromatic rings. The van der Waals surface area contributed by atoms with Gasteiger partial charge in [0, 0.05) is 9.70 Å². The summed E-state index contributed by atoms with van der Waals surface area (Å²) in [7, 11) is 0. The highest BCUT2D eigenvalue weighted by Crippen LogP contribution is 2.27. The van der Waals surface area contributed by atoms with Gasteiger partial charge in [-0.1, -0.05) is 29.8 Å². The maximum atomic E-state index is 3.59. The van der Waals surface area contributed by atoms with Crippen LogP contribution < -0.4 is 0 Å². The predicted molar refractivity (Wildman–Crippen MR) is 55.9 cm³/mol. The van der Waals surface area contributed by atoms with Gasteiger partial charge in [0.2, 0.25) is 0 Å². The van der Waals surface area contributed by atoms with Crippen LogP contribution in [0.15, 0.2) is 11.4 Å². The molecular weight excluding hydrogens is 220 g/mol. The largest absolute Gasteiger partial charge is 0.149 e. The summed E-state index contributed by atoms with van der Waals surface area (Å²) in [4.78, 5) is 1.97. The highest BCUT2D eigenvalue weighted by atomic mass is 79.9. The molecule has 0 aliphatic carbocycles. The van der Waals surface area contributed by atoms with E-state index in [0.29, 0.717) is 10.7 Å². The van der Waals surface area contributed by atoms with E-state index in [2.05, 4.69) is 48.1 Å². The lowest BCUT2D eigenvalue weighted by Gasteiger charge is -2.11. The molecular formula is C9H13BrS. The van der Waals surface area contributed by atoms with Crippen molar-refractivity contribution in [2.45, 2.75) is 31.5 Å². The second kappa shape index (κ2) is 3.72. The first-order chi connectivity index (χ1) is 5.11. The quantitative estimate of drug-likeness (QED) is 0.678. The number of hydrogen-bond acceptors (Lipinski definition) is 1. The van der Waals surface area contributed by atoms with Crippen LogP contribution in [0.4, 0.5) is 0 Å². The molecule has 0 nitrogen and oxygen atoms in total. The minimum atomic E-state index is 0.566. The smallest absolute Gasteiger partial charge is 0.0183 e. The minimum Gasteiger partial charge on any atom is -0.149 e. The van der Waals surface area contributed by atoms with Crippen LogP contribution in [0.3, 0.4) is 0 Å². The van der Waals surface area contributed by atoms with Gasteiger partial charge < -0.3 is 0 Å². The Morgan fingerprint density at radius 2 is 2.09 bits per heavy atom. The van der Waals surface area contributed by atoms with E-state index in [9.17, 15) is 0 Å². The SMILES string of the molecule is Cc1cc(C(C)C(C)Br)cs1. The van der Waals surface area contributed by atoms with Gasteiger partial charge in [0.25, 0.3) is 0 Å². The number of aryl methyl sites for hydroxylation is 1. The average Bonchev–Trinajstić information content (AvgIpc) is 2.34. The second-order valence-electron chi connectivity index (χ2n) is 2.96. The van der Waals surface area contributed by atoms with Crippen molar-refractivity contribution in [3.05, 3.63) is 21.9 Å². The molecule has 2 heteroatoms. The summed E-state index contributed by atoms with van der Waals surface area (Å²) in [6.45, 7) is 6.60. The standard InChI is InChI=1S/C9H13BrS/c1-6-4-9(5-11-6)7(2)8(3)10/h4-5,7-8H,1-3H3. The molecule has 2 unspecified atom stereocenters. The molecule has 0 radical (unpaired) electrons. The summed E-state index contributed by atoms with van der Waals surface area (Å²) in [5, 5.41) is 2.25. The molecule has 1 rings (SSSR count). The van der Waals surface area contributed by atoms with Crippen molar-refractivity contribution in [1.29, 1.82) is 0 Å². The molecule has 2 atom stereocenters. The Kier molecular flexibility index (Phi) is 3.14. The van der Waals surface area contributed by atoms with Crippen LogP contribution in [0.1, 0.15) is 30.2 Å². The average molecular weight is 233 g/mol. The predicted octanol–water partition coefficient (Wildman–Crippen LogP) is 3.94. The molecule has 62 valence electrons. The van der Waals surface area contributed by atoms with Gasteiger partial charge >= 0.3 is 0 Å². The molecule has 1 heterocycles. The highest BCUT2D eigenvalue weighted by molar-refractivity contribution is 9.09. The van der Waals surface area contributed by atoms with Crippen LogP contribution in [0.5, 0.6) is 0 Å². The Hall–Kier alpha value is 0.180. The molecule has 0 amide bonds. The summed E-state index contributed by atoms with van der Waals surface area (Å²) in [6.07, 6.45) is 0. The normalized spacial score (nSPS) is 16.4. The summed E-state index contributed by atoms with van der Waals surface area (Å²) >= 11 is 5.42. The Morgan fingerprint density at radius 3 is 2.45 bits per heavy atom. The summed E-state index contributed by atoms with van der Waals surface area (Å²) in [6, 6.07) is 2.27. The Morgan fingerprint density at radius 1 is 1.45 bits per heavy atom. The second-order valence-corrected chi connectivity index (χ2v) is 5.52. The first kappa shape index (κ1) is 9.27. The maximum absolute atomic E-state index is 3.59. The van der Waals surface area contributed by atoms with Gasteiger partial charge in [-0.05, 0) is 29.9 Å². The van der Waals surface area contributed by atoms with Gasteiger partial charge in [-0.15, -0.1) is 11.3 Å². The zero-order valence-electron chi connectivity index (χ0n) is 7.10. The van der Waals surface area contributed by atoms with Crippen LogP contribution in [0.25, 0.3) is 0 Å². The van der Waals surface area contributed by atoms with E-state index >= 15 is 0 Å². The lowest BCUT2D eigenvalue weighted by Crippen LogP contribution is -2.02. The van der Waals surface area contributed by atoms with Crippen LogP contribution in [0, 0.1) is 6.92 Å². The monoisotopic (exact) mass is 232 g/mol. The highest BCUT2D eigenvalue weighted by Gasteiger charge is 2.11. The molecule has 0 fully saturated rings. The minimum absolute atomic E-state index is 0.566. The van der Waals surface area contributed by atoms with Gasteiger partial charge in [-0.2, -0.15) is 0 Å². The molecule has 0 bridgehead atoms. The van der Waals surface area contributed by atoms with Crippen LogP contribution >= 0.6 is 27.3 Å². The lowest BCUT2D eigenvalue weighted by atomic mass is 10.0. The van der Waals surface area contributed by atoms with E-state index in [0.717, 1.165) is 0 Å². The summed E-state index contributed by atoms with van der Waals surface area (Å²) in [5.74, 6) is 0.625. The molecule has 0 saturated heterocycles. The number of alkyl halides is 1. The van der Waals surface area contributed by atoms with E-state index in [-0.39, 0.29) is 0 Å². The third-order valence-corrected chi connectivity index (χ3v) is 3.64. The van der Waals surface area contributed by atoms with Crippen LogP contribution in [-0.2, 0) is 0 Å². The van der Waals surface area contributed by atoms with E-state index in [1.165, 1.54) is 10.4 Å². The van der Waals surface area contributed by atoms with Crippen LogP contribution in [0.2, 0.25) is 0 Å². The number of halogens is 1. The molecule has 11 heavy (non-hydrogen) atoms. The number of rotatable bonds is 2. The van der Waals surface area contributed by atoms with Gasteiger partial charge in [0.1, 0.15) is 0 Å². The molecule has 0 aromatic carbocycles. The van der Waals surface area contributed by atoms with E-state index < -0.39 is 0 Å². The third-order valence-electron chi connectivity index (χ3n) is 1.97. The topological polar surface area (TPSA) is 0 Å². The Balaban J connectivity index is 2.76. The molecule has 0 spiro atoms. The zero-order chi connectivity index (χ0) is 8.43. The van der Waals surface area contributed by atoms with Gasteiger partial charge in [-0.25, -0.2) is 0 Å². The van der Waals surface area contributed by atoms with Crippen molar-refractivity contribution in [2.24, 2.45) is 0 Å². The zero-order valence-corrected chi connectivity index (χ0v) is 9.50. The van der Waals surface area contributed by atoms with Crippen molar-refractivity contribution in [3.63, 3.8) is 0 Å². The van der Waals surface area contributed by atoms with Gasteiger partial charge in [0.05, 0.1) is 0 Å². The summed E-state index contributed by atoms with van der Waals surface area (Å²) in [5.41, 5.74) is 1.46. The lowest BCUT2D eigenvalue weighted by molar-refractivity contribution is 0.764. The van der Waals surface area contributed by atoms with Crippen molar-refractivity contribution in [1.82, 2.24) is 0 Å². The molecule has 0 aliphatic heterocycles. The van der Waals surface area contributed by atoms with Gasteiger partial charge in [-0.3, -0.25) is 0 Å². The maximum Gasteiger partial charge on any atom is 0.0183 e. The fraction of sp³-hybridized carbons (Fsp3) is 0.556. The summed E-state index contributed by atoms with van der Waals surface area (Å²) < 4.78 is 0. The Bertz CT molecular complexity index is 227. The van der Waals surface area contributed by atoms with E-state index in [4.69, 9.17) is 0 Å². The Labute approximate surface area is 80.8 Å². The fourth-order valence-corrected chi connectivity index (χ4v) is 2.08. The third kappa shape index (κ3) is 2.31. The van der Waals surface area contributed by atoms with Gasteiger partial charge in [0.15, 0.2) is 0 Å². The van der Waals surface area contributed by atoms with Crippen molar-refractivity contribution >= 4 is 27.3 Å². The van der Waals surface area contributed by atoms with E-state index in [1.54, 1.807) is 0 Å². The molecule has 1 aromatic heterocycles.